The molecule has 1 fully saturated rings. The fraction of sp³-hybridized carbons (Fsp3) is 0.357. The second kappa shape index (κ2) is 6.69. The van der Waals surface area contributed by atoms with Gasteiger partial charge >= 0.3 is 0 Å². The molecule has 0 bridgehead atoms. The Morgan fingerprint density at radius 2 is 2.33 bits per heavy atom. The normalized spacial score (nSPS) is 17.3. The first-order valence-corrected chi connectivity index (χ1v) is 6.71. The van der Waals surface area contributed by atoms with Crippen molar-refractivity contribution in [1.29, 1.82) is 0 Å². The molecule has 2 N–H and O–H groups in total. The van der Waals surface area contributed by atoms with Crippen LogP contribution in [0.5, 0.6) is 0 Å². The molecule has 7 heteroatoms. The van der Waals surface area contributed by atoms with Crippen LogP contribution in [0.25, 0.3) is 5.69 Å². The first-order valence-electron chi connectivity index (χ1n) is 6.71. The summed E-state index contributed by atoms with van der Waals surface area (Å²) in [6.07, 6.45) is 4.11. The lowest BCUT2D eigenvalue weighted by atomic mass is 10.1. The summed E-state index contributed by atoms with van der Waals surface area (Å²) in [5, 5.41) is 10.4. The molecule has 112 valence electrons. The van der Waals surface area contributed by atoms with E-state index in [1.54, 1.807) is 11.0 Å². The lowest BCUT2D eigenvalue weighted by Crippen LogP contribution is -2.36. The average molecular weight is 308 g/mol. The Labute approximate surface area is 129 Å². The number of aromatic nitrogens is 3. The molecule has 2 aromatic rings. The second-order valence-corrected chi connectivity index (χ2v) is 5.00. The van der Waals surface area contributed by atoms with Gasteiger partial charge in [0.1, 0.15) is 12.7 Å². The zero-order valence-corrected chi connectivity index (χ0v) is 12.6. The molecule has 1 unspecified atom stereocenters. The number of nitrogens with one attached hydrogen (secondary N) is 2. The molecule has 6 nitrogen and oxygen atoms in total. The Bertz CT molecular complexity index is 608. The number of aryl methyl sites for hydroxylation is 1. The molecule has 0 radical (unpaired) electrons. The van der Waals surface area contributed by atoms with Gasteiger partial charge in [0.15, 0.2) is 0 Å². The molecule has 2 heterocycles. The van der Waals surface area contributed by atoms with E-state index in [-0.39, 0.29) is 24.4 Å². The minimum absolute atomic E-state index is 0. The van der Waals surface area contributed by atoms with Gasteiger partial charge in [0, 0.05) is 18.2 Å². The van der Waals surface area contributed by atoms with E-state index in [1.165, 1.54) is 6.33 Å². The summed E-state index contributed by atoms with van der Waals surface area (Å²) in [5.74, 6) is -0.0126. The van der Waals surface area contributed by atoms with Gasteiger partial charge in [-0.25, -0.2) is 9.67 Å². The summed E-state index contributed by atoms with van der Waals surface area (Å²) in [6.45, 7) is 3.75. The van der Waals surface area contributed by atoms with Gasteiger partial charge in [0.25, 0.3) is 5.91 Å². The topological polar surface area (TPSA) is 71.8 Å². The number of nitrogens with zero attached hydrogens (tertiary/aromatic N) is 3. The van der Waals surface area contributed by atoms with Crippen LogP contribution in [-0.4, -0.2) is 39.8 Å². The Balaban J connectivity index is 0.00000161. The smallest absolute Gasteiger partial charge is 0.251 e. The van der Waals surface area contributed by atoms with E-state index in [0.29, 0.717) is 5.56 Å². The fourth-order valence-corrected chi connectivity index (χ4v) is 2.43. The number of halogens is 1. The number of hydrogen-bond donors (Lipinski definition) is 2. The number of amides is 1. The van der Waals surface area contributed by atoms with Crippen LogP contribution in [0.3, 0.4) is 0 Å². The van der Waals surface area contributed by atoms with Crippen molar-refractivity contribution in [3.05, 3.63) is 42.0 Å². The van der Waals surface area contributed by atoms with E-state index >= 15 is 0 Å². The van der Waals surface area contributed by atoms with Gasteiger partial charge in [0.05, 0.1) is 5.69 Å². The molecule has 1 aliphatic heterocycles. The zero-order valence-electron chi connectivity index (χ0n) is 11.7. The largest absolute Gasteiger partial charge is 0.348 e. The van der Waals surface area contributed by atoms with Crippen LogP contribution >= 0.6 is 12.4 Å². The molecule has 1 amide bonds. The highest BCUT2D eigenvalue weighted by molar-refractivity contribution is 5.96. The fourth-order valence-electron chi connectivity index (χ4n) is 2.43. The quantitative estimate of drug-likeness (QED) is 0.890. The maximum Gasteiger partial charge on any atom is 0.251 e. The van der Waals surface area contributed by atoms with Gasteiger partial charge in [-0.1, -0.05) is 0 Å². The number of hydrogen-bond acceptors (Lipinski definition) is 4. The van der Waals surface area contributed by atoms with Crippen LogP contribution in [0.1, 0.15) is 22.3 Å². The first kappa shape index (κ1) is 15.5. The lowest BCUT2D eigenvalue weighted by Gasteiger charge is -2.13. The Morgan fingerprint density at radius 3 is 2.95 bits per heavy atom. The average Bonchev–Trinajstić information content (AvgIpc) is 3.11. The van der Waals surface area contributed by atoms with Crippen molar-refractivity contribution in [2.45, 2.75) is 19.4 Å². The summed E-state index contributed by atoms with van der Waals surface area (Å²) < 4.78 is 1.68. The monoisotopic (exact) mass is 307 g/mol. The summed E-state index contributed by atoms with van der Waals surface area (Å²) in [7, 11) is 0. The van der Waals surface area contributed by atoms with Crippen LogP contribution in [0.15, 0.2) is 30.9 Å². The third kappa shape index (κ3) is 3.40. The molecule has 21 heavy (non-hydrogen) atoms. The minimum Gasteiger partial charge on any atom is -0.348 e. The van der Waals surface area contributed by atoms with Crippen LogP contribution in [0.2, 0.25) is 0 Å². The predicted octanol–water partition coefficient (Wildman–Crippen LogP) is 1.09. The Hall–Kier alpha value is -1.92. The van der Waals surface area contributed by atoms with Crippen molar-refractivity contribution in [2.75, 3.05) is 13.1 Å². The van der Waals surface area contributed by atoms with Crippen LogP contribution in [0.4, 0.5) is 0 Å². The van der Waals surface area contributed by atoms with Crippen LogP contribution in [0, 0.1) is 6.92 Å². The summed E-state index contributed by atoms with van der Waals surface area (Å²) in [5.41, 5.74) is 2.54. The molecule has 1 aromatic heterocycles. The minimum atomic E-state index is -0.0126. The molecule has 1 aromatic carbocycles. The van der Waals surface area contributed by atoms with Crippen molar-refractivity contribution < 1.29 is 4.79 Å². The van der Waals surface area contributed by atoms with Gasteiger partial charge in [-0.05, 0) is 43.7 Å². The van der Waals surface area contributed by atoms with E-state index in [0.717, 1.165) is 30.8 Å². The third-order valence-electron chi connectivity index (χ3n) is 3.53. The number of benzene rings is 1. The summed E-state index contributed by atoms with van der Waals surface area (Å²) in [4.78, 5) is 16.2. The van der Waals surface area contributed by atoms with Crippen molar-refractivity contribution in [3.63, 3.8) is 0 Å². The molecule has 1 saturated heterocycles. The Morgan fingerprint density at radius 1 is 1.48 bits per heavy atom. The standard InChI is InChI=1S/C14H17N5O.ClH/c1-10-6-12(19-9-16-8-17-19)2-3-13(10)14(20)18-11-4-5-15-7-11;/h2-3,6,8-9,11,15H,4-5,7H2,1H3,(H,18,20);1H. The molecule has 3 rings (SSSR count). The van der Waals surface area contributed by atoms with Gasteiger partial charge in [-0.2, -0.15) is 5.10 Å². The second-order valence-electron chi connectivity index (χ2n) is 5.00. The van der Waals surface area contributed by atoms with Crippen LogP contribution in [-0.2, 0) is 0 Å². The predicted molar refractivity (Wildman–Crippen MR) is 82.1 cm³/mol. The highest BCUT2D eigenvalue weighted by atomic mass is 35.5. The van der Waals surface area contributed by atoms with Gasteiger partial charge in [-0.3, -0.25) is 4.79 Å². The highest BCUT2D eigenvalue weighted by Gasteiger charge is 2.18. The maximum atomic E-state index is 12.2. The number of carbonyl (C=O) groups is 1. The van der Waals surface area contributed by atoms with Crippen molar-refractivity contribution in [1.82, 2.24) is 25.4 Å². The molecule has 0 spiro atoms. The number of rotatable bonds is 3. The first-order chi connectivity index (χ1) is 9.74. The SMILES string of the molecule is Cc1cc(-n2cncn2)ccc1C(=O)NC1CCNC1.Cl. The molecule has 1 atom stereocenters. The lowest BCUT2D eigenvalue weighted by molar-refractivity contribution is 0.0939. The van der Waals surface area contributed by atoms with E-state index in [9.17, 15) is 4.79 Å². The molecular formula is C14H18ClN5O. The van der Waals surface area contributed by atoms with Crippen molar-refractivity contribution >= 4 is 18.3 Å². The van der Waals surface area contributed by atoms with Crippen LogP contribution < -0.4 is 10.6 Å². The number of carbonyl (C=O) groups excluding carboxylic acids is 1. The van der Waals surface area contributed by atoms with E-state index in [4.69, 9.17) is 0 Å². The molecule has 0 saturated carbocycles. The van der Waals surface area contributed by atoms with Gasteiger partial charge in [0.2, 0.25) is 0 Å². The van der Waals surface area contributed by atoms with E-state index < -0.39 is 0 Å². The third-order valence-corrected chi connectivity index (χ3v) is 3.53. The zero-order chi connectivity index (χ0) is 13.9. The van der Waals surface area contributed by atoms with E-state index in [1.807, 2.05) is 25.1 Å². The summed E-state index contributed by atoms with van der Waals surface area (Å²) >= 11 is 0. The Kier molecular flexibility index (Phi) is 4.93. The molecular weight excluding hydrogens is 290 g/mol. The highest BCUT2D eigenvalue weighted by Crippen LogP contribution is 2.14. The molecule has 0 aliphatic carbocycles. The van der Waals surface area contributed by atoms with Gasteiger partial charge < -0.3 is 10.6 Å². The van der Waals surface area contributed by atoms with E-state index in [2.05, 4.69) is 20.7 Å². The van der Waals surface area contributed by atoms with Crippen molar-refractivity contribution in [2.24, 2.45) is 0 Å². The van der Waals surface area contributed by atoms with Crippen molar-refractivity contribution in [3.8, 4) is 5.69 Å². The summed E-state index contributed by atoms with van der Waals surface area (Å²) in [6, 6.07) is 5.89. The molecule has 1 aliphatic rings. The maximum absolute atomic E-state index is 12.2. The van der Waals surface area contributed by atoms with Gasteiger partial charge in [-0.15, -0.1) is 12.4 Å².